The third-order valence-corrected chi connectivity index (χ3v) is 5.40. The third-order valence-electron chi connectivity index (χ3n) is 5.40. The molecule has 4 N–H and O–H groups in total. The highest BCUT2D eigenvalue weighted by Gasteiger charge is 2.08. The highest BCUT2D eigenvalue weighted by Crippen LogP contribution is 2.21. The quantitative estimate of drug-likeness (QED) is 0.238. The van der Waals surface area contributed by atoms with E-state index in [-0.39, 0.29) is 6.03 Å². The summed E-state index contributed by atoms with van der Waals surface area (Å²) in [6, 6.07) is 18.2. The summed E-state index contributed by atoms with van der Waals surface area (Å²) in [6.45, 7) is 0. The molecule has 0 bridgehead atoms. The summed E-state index contributed by atoms with van der Waals surface area (Å²) in [6.07, 6.45) is 12.4. The van der Waals surface area contributed by atoms with Crippen molar-refractivity contribution < 1.29 is 9.59 Å². The van der Waals surface area contributed by atoms with Crippen LogP contribution in [0.3, 0.4) is 0 Å². The van der Waals surface area contributed by atoms with Gasteiger partial charge < -0.3 is 5.32 Å². The molecule has 12 heteroatoms. The first kappa shape index (κ1) is 25.6. The normalized spacial score (nSPS) is 10.2. The molecule has 0 aliphatic heterocycles. The number of aromatic nitrogens is 6. The number of amides is 4. The molecule has 0 radical (unpaired) electrons. The molecule has 12 nitrogen and oxygen atoms in total. The van der Waals surface area contributed by atoms with Crippen molar-refractivity contribution in [2.45, 2.75) is 0 Å². The summed E-state index contributed by atoms with van der Waals surface area (Å²) in [4.78, 5) is 47.9. The molecule has 0 aliphatic carbocycles. The minimum Gasteiger partial charge on any atom is -0.306 e. The summed E-state index contributed by atoms with van der Waals surface area (Å²) in [5.41, 5.74) is 1.38. The molecule has 0 fully saturated rings. The van der Waals surface area contributed by atoms with Gasteiger partial charge in [-0.1, -0.05) is 42.5 Å². The van der Waals surface area contributed by atoms with Gasteiger partial charge in [0.2, 0.25) is 0 Å². The summed E-state index contributed by atoms with van der Waals surface area (Å²) in [5, 5.41) is 13.5. The second-order valence-electron chi connectivity index (χ2n) is 8.10. The van der Waals surface area contributed by atoms with Crippen LogP contribution in [0.4, 0.5) is 32.7 Å². The number of rotatable bonds is 4. The zero-order valence-electron chi connectivity index (χ0n) is 20.9. The minimum absolute atomic E-state index is 0.380. The molecule has 6 rings (SSSR count). The van der Waals surface area contributed by atoms with E-state index in [0.717, 1.165) is 21.7 Å². The van der Waals surface area contributed by atoms with Gasteiger partial charge in [-0.25, -0.2) is 24.5 Å². The fourth-order valence-corrected chi connectivity index (χ4v) is 3.68. The molecule has 4 heterocycles. The number of hydrogen-bond donors (Lipinski definition) is 4. The van der Waals surface area contributed by atoms with E-state index in [9.17, 15) is 9.59 Å². The zero-order chi connectivity index (χ0) is 27.6. The lowest BCUT2D eigenvalue weighted by Gasteiger charge is -2.08. The zero-order valence-corrected chi connectivity index (χ0v) is 20.9. The second kappa shape index (κ2) is 12.5. The van der Waals surface area contributed by atoms with Gasteiger partial charge in [-0.2, -0.15) is 0 Å². The highest BCUT2D eigenvalue weighted by molar-refractivity contribution is 6.05. The SMILES string of the molecule is O=C(Nc1cnccn1)Nc1cccc2cccnc12.O=C(Nc1cnccn1)Nc1nccc2ccccc12. The first-order valence-corrected chi connectivity index (χ1v) is 12.0. The van der Waals surface area contributed by atoms with Crippen molar-refractivity contribution in [2.75, 3.05) is 21.3 Å². The van der Waals surface area contributed by atoms with E-state index in [1.807, 2.05) is 54.6 Å². The van der Waals surface area contributed by atoms with E-state index >= 15 is 0 Å². The number of fused-ring (bicyclic) bond motifs is 2. The number of carbonyl (C=O) groups is 2. The molecule has 0 spiro atoms. The van der Waals surface area contributed by atoms with Crippen molar-refractivity contribution in [3.8, 4) is 0 Å². The van der Waals surface area contributed by atoms with Gasteiger partial charge in [-0.05, 0) is 23.6 Å². The van der Waals surface area contributed by atoms with Crippen LogP contribution in [-0.2, 0) is 0 Å². The largest absolute Gasteiger partial charge is 0.326 e. The molecule has 6 aromatic rings. The van der Waals surface area contributed by atoms with E-state index in [2.05, 4.69) is 51.2 Å². The fraction of sp³-hybridized carbons (Fsp3) is 0. The van der Waals surface area contributed by atoms with Crippen molar-refractivity contribution >= 4 is 56.9 Å². The Morgan fingerprint density at radius 1 is 0.525 bits per heavy atom. The van der Waals surface area contributed by atoms with Crippen LogP contribution in [0.2, 0.25) is 0 Å². The number of hydrogen-bond acceptors (Lipinski definition) is 8. The van der Waals surface area contributed by atoms with Gasteiger partial charge >= 0.3 is 12.1 Å². The van der Waals surface area contributed by atoms with Crippen LogP contribution in [0.15, 0.2) is 110 Å². The average molecular weight is 531 g/mol. The van der Waals surface area contributed by atoms with E-state index < -0.39 is 6.03 Å². The maximum atomic E-state index is 11.9. The number of pyridine rings is 2. The molecular formula is C28H22N10O2. The lowest BCUT2D eigenvalue weighted by Crippen LogP contribution is -2.20. The number of nitrogens with zero attached hydrogens (tertiary/aromatic N) is 6. The lowest BCUT2D eigenvalue weighted by atomic mass is 10.1. The molecule has 0 saturated carbocycles. The van der Waals surface area contributed by atoms with Crippen LogP contribution in [0, 0.1) is 0 Å². The van der Waals surface area contributed by atoms with Crippen LogP contribution >= 0.6 is 0 Å². The number of para-hydroxylation sites is 1. The highest BCUT2D eigenvalue weighted by atomic mass is 16.2. The predicted octanol–water partition coefficient (Wildman–Crippen LogP) is 5.34. The Balaban J connectivity index is 0.000000161. The molecule has 0 aliphatic rings. The van der Waals surface area contributed by atoms with Crippen LogP contribution in [0.25, 0.3) is 21.7 Å². The molecule has 40 heavy (non-hydrogen) atoms. The van der Waals surface area contributed by atoms with Gasteiger partial charge in [-0.15, -0.1) is 0 Å². The average Bonchev–Trinajstić information content (AvgIpc) is 2.99. The first-order valence-electron chi connectivity index (χ1n) is 12.0. The first-order chi connectivity index (χ1) is 19.7. The maximum Gasteiger partial charge on any atom is 0.326 e. The number of nitrogens with one attached hydrogen (secondary N) is 4. The fourth-order valence-electron chi connectivity index (χ4n) is 3.68. The lowest BCUT2D eigenvalue weighted by molar-refractivity contribution is 0.261. The summed E-state index contributed by atoms with van der Waals surface area (Å²) >= 11 is 0. The van der Waals surface area contributed by atoms with Crippen LogP contribution in [0.5, 0.6) is 0 Å². The van der Waals surface area contributed by atoms with Crippen molar-refractivity contribution in [3.63, 3.8) is 0 Å². The van der Waals surface area contributed by atoms with Crippen LogP contribution < -0.4 is 21.3 Å². The molecule has 4 amide bonds. The van der Waals surface area contributed by atoms with Crippen LogP contribution in [0.1, 0.15) is 0 Å². The Hall–Kier alpha value is -6.04. The number of anilines is 4. The third kappa shape index (κ3) is 6.63. The van der Waals surface area contributed by atoms with Gasteiger partial charge in [0.15, 0.2) is 11.6 Å². The summed E-state index contributed by atoms with van der Waals surface area (Å²) in [5.74, 6) is 1.27. The van der Waals surface area contributed by atoms with Crippen molar-refractivity contribution in [3.05, 3.63) is 110 Å². The number of urea groups is 2. The molecule has 4 aromatic heterocycles. The topological polar surface area (TPSA) is 160 Å². The van der Waals surface area contributed by atoms with E-state index in [4.69, 9.17) is 0 Å². The van der Waals surface area contributed by atoms with Gasteiger partial charge in [0.25, 0.3) is 0 Å². The number of benzene rings is 2. The van der Waals surface area contributed by atoms with Crippen molar-refractivity contribution in [1.29, 1.82) is 0 Å². The Labute approximate surface area is 228 Å². The minimum atomic E-state index is -0.408. The molecule has 2 aromatic carbocycles. The van der Waals surface area contributed by atoms with E-state index in [1.54, 1.807) is 18.5 Å². The standard InChI is InChI=1S/2C14H11N5O/c20-14(19-12-9-15-7-8-16-12)18-11-5-1-3-10-4-2-6-17-13(10)11;20-14(18-12-9-15-7-8-16-12)19-13-11-4-2-1-3-10(11)5-6-17-13/h1-9H,(H2,16,18,19,20);1-9H,(H2,16,17,18,19,20). The molecule has 0 atom stereocenters. The Kier molecular flexibility index (Phi) is 7.98. The van der Waals surface area contributed by atoms with Gasteiger partial charge in [-0.3, -0.25) is 30.9 Å². The predicted molar refractivity (Wildman–Crippen MR) is 153 cm³/mol. The second-order valence-corrected chi connectivity index (χ2v) is 8.10. The molecule has 0 unspecified atom stereocenters. The summed E-state index contributed by atoms with van der Waals surface area (Å²) in [7, 11) is 0. The van der Waals surface area contributed by atoms with Crippen LogP contribution in [-0.4, -0.2) is 42.0 Å². The summed E-state index contributed by atoms with van der Waals surface area (Å²) < 4.78 is 0. The van der Waals surface area contributed by atoms with Crippen molar-refractivity contribution in [2.24, 2.45) is 0 Å². The van der Waals surface area contributed by atoms with Crippen molar-refractivity contribution in [1.82, 2.24) is 29.9 Å². The van der Waals surface area contributed by atoms with Gasteiger partial charge in [0, 0.05) is 48.0 Å². The van der Waals surface area contributed by atoms with E-state index in [1.165, 1.54) is 37.2 Å². The Bertz CT molecular complexity index is 1610. The van der Waals surface area contributed by atoms with Gasteiger partial charge in [0.1, 0.15) is 5.82 Å². The molecule has 0 saturated heterocycles. The maximum absolute atomic E-state index is 11.9. The number of carbonyl (C=O) groups excluding carboxylic acids is 2. The Morgan fingerprint density at radius 2 is 1.20 bits per heavy atom. The molecular weight excluding hydrogens is 508 g/mol. The monoisotopic (exact) mass is 530 g/mol. The Morgan fingerprint density at radius 3 is 1.93 bits per heavy atom. The molecule has 196 valence electrons. The van der Waals surface area contributed by atoms with E-state index in [0.29, 0.717) is 23.1 Å². The van der Waals surface area contributed by atoms with Gasteiger partial charge in [0.05, 0.1) is 23.6 Å². The smallest absolute Gasteiger partial charge is 0.306 e.